The Morgan fingerprint density at radius 1 is 1.29 bits per heavy atom. The van der Waals surface area contributed by atoms with E-state index in [0.717, 1.165) is 6.54 Å². The Hall–Kier alpha value is -1.35. The number of hydrogen-bond acceptors (Lipinski definition) is 2. The molecule has 2 unspecified atom stereocenters. The molecule has 0 saturated carbocycles. The van der Waals surface area contributed by atoms with Crippen molar-refractivity contribution in [3.8, 4) is 0 Å². The lowest BCUT2D eigenvalue weighted by Gasteiger charge is -2.25. The number of carbonyl (C=O) groups is 1. The third-order valence-corrected chi connectivity index (χ3v) is 3.68. The molecule has 92 valence electrons. The van der Waals surface area contributed by atoms with Crippen LogP contribution >= 0.6 is 0 Å². The standard InChI is InChI=1S/C14H20N2O/c1-10(15)13-8-14(17)16(9-13)11(2)12-6-4-3-5-7-12/h3-7,10-11,13H,8-9,15H2,1-2H3/t10?,11-,13?/m0/s1. The van der Waals surface area contributed by atoms with E-state index in [1.54, 1.807) is 0 Å². The van der Waals surface area contributed by atoms with Crippen molar-refractivity contribution in [2.75, 3.05) is 6.54 Å². The van der Waals surface area contributed by atoms with Crippen LogP contribution in [0.1, 0.15) is 31.9 Å². The van der Waals surface area contributed by atoms with Crippen molar-refractivity contribution >= 4 is 5.91 Å². The Morgan fingerprint density at radius 2 is 1.94 bits per heavy atom. The van der Waals surface area contributed by atoms with Crippen LogP contribution in [-0.2, 0) is 4.79 Å². The minimum atomic E-state index is 0.0897. The second-order valence-electron chi connectivity index (χ2n) is 4.96. The zero-order chi connectivity index (χ0) is 12.4. The molecule has 1 saturated heterocycles. The van der Waals surface area contributed by atoms with Gasteiger partial charge in [-0.25, -0.2) is 0 Å². The van der Waals surface area contributed by atoms with E-state index in [-0.39, 0.29) is 18.0 Å². The van der Waals surface area contributed by atoms with Crippen molar-refractivity contribution < 1.29 is 4.79 Å². The van der Waals surface area contributed by atoms with Crippen LogP contribution < -0.4 is 5.73 Å². The van der Waals surface area contributed by atoms with Crippen LogP contribution in [0.3, 0.4) is 0 Å². The van der Waals surface area contributed by atoms with E-state index < -0.39 is 0 Å². The summed E-state index contributed by atoms with van der Waals surface area (Å²) in [5.41, 5.74) is 7.07. The number of benzene rings is 1. The molecule has 3 nitrogen and oxygen atoms in total. The smallest absolute Gasteiger partial charge is 0.223 e. The summed E-state index contributed by atoms with van der Waals surface area (Å²) in [5.74, 6) is 0.525. The molecule has 2 rings (SSSR count). The second-order valence-corrected chi connectivity index (χ2v) is 4.96. The highest BCUT2D eigenvalue weighted by Crippen LogP contribution is 2.29. The fraction of sp³-hybridized carbons (Fsp3) is 0.500. The highest BCUT2D eigenvalue weighted by atomic mass is 16.2. The largest absolute Gasteiger partial charge is 0.336 e. The first kappa shape index (κ1) is 12.1. The van der Waals surface area contributed by atoms with E-state index >= 15 is 0 Å². The van der Waals surface area contributed by atoms with E-state index in [1.807, 2.05) is 30.0 Å². The molecule has 1 heterocycles. The minimum absolute atomic E-state index is 0.0897. The molecule has 1 fully saturated rings. The van der Waals surface area contributed by atoms with Crippen LogP contribution in [0.4, 0.5) is 0 Å². The predicted molar refractivity (Wildman–Crippen MR) is 68.3 cm³/mol. The van der Waals surface area contributed by atoms with Crippen molar-refractivity contribution in [3.63, 3.8) is 0 Å². The van der Waals surface area contributed by atoms with Crippen molar-refractivity contribution in [2.24, 2.45) is 11.7 Å². The Morgan fingerprint density at radius 3 is 2.47 bits per heavy atom. The first-order valence-electron chi connectivity index (χ1n) is 6.19. The van der Waals surface area contributed by atoms with Crippen molar-refractivity contribution in [2.45, 2.75) is 32.4 Å². The van der Waals surface area contributed by atoms with Crippen molar-refractivity contribution in [3.05, 3.63) is 35.9 Å². The number of nitrogens with two attached hydrogens (primary N) is 1. The zero-order valence-electron chi connectivity index (χ0n) is 10.5. The molecule has 0 aromatic heterocycles. The molecule has 0 spiro atoms. The molecule has 1 aromatic carbocycles. The van der Waals surface area contributed by atoms with Gasteiger partial charge < -0.3 is 10.6 Å². The summed E-state index contributed by atoms with van der Waals surface area (Å²) in [6, 6.07) is 10.4. The molecule has 0 bridgehead atoms. The maximum absolute atomic E-state index is 12.0. The van der Waals surface area contributed by atoms with E-state index in [0.29, 0.717) is 12.3 Å². The number of carbonyl (C=O) groups excluding carboxylic acids is 1. The summed E-state index contributed by atoms with van der Waals surface area (Å²) in [5, 5.41) is 0. The lowest BCUT2D eigenvalue weighted by molar-refractivity contribution is -0.129. The lowest BCUT2D eigenvalue weighted by atomic mass is 10.0. The van der Waals surface area contributed by atoms with Crippen molar-refractivity contribution in [1.82, 2.24) is 4.90 Å². The van der Waals surface area contributed by atoms with Crippen LogP contribution in [-0.4, -0.2) is 23.4 Å². The van der Waals surface area contributed by atoms with Gasteiger partial charge in [-0.05, 0) is 19.4 Å². The summed E-state index contributed by atoms with van der Waals surface area (Å²) in [6.45, 7) is 4.85. The highest BCUT2D eigenvalue weighted by Gasteiger charge is 2.34. The van der Waals surface area contributed by atoms with Gasteiger partial charge in [0, 0.05) is 24.9 Å². The normalized spacial score (nSPS) is 23.8. The number of nitrogens with zero attached hydrogens (tertiary/aromatic N) is 1. The van der Waals surface area contributed by atoms with Crippen LogP contribution in [0.2, 0.25) is 0 Å². The van der Waals surface area contributed by atoms with Gasteiger partial charge in [-0.2, -0.15) is 0 Å². The van der Waals surface area contributed by atoms with Crippen LogP contribution in [0.15, 0.2) is 30.3 Å². The molecule has 0 radical (unpaired) electrons. The van der Waals surface area contributed by atoms with E-state index in [4.69, 9.17) is 5.73 Å². The Labute approximate surface area is 103 Å². The van der Waals surface area contributed by atoms with Gasteiger partial charge in [0.15, 0.2) is 0 Å². The first-order chi connectivity index (χ1) is 8.09. The molecule has 17 heavy (non-hydrogen) atoms. The average Bonchev–Trinajstić information content (AvgIpc) is 2.72. The Balaban J connectivity index is 2.11. The molecular weight excluding hydrogens is 212 g/mol. The zero-order valence-corrected chi connectivity index (χ0v) is 10.5. The van der Waals surface area contributed by atoms with E-state index in [1.165, 1.54) is 5.56 Å². The van der Waals surface area contributed by atoms with Gasteiger partial charge in [0.2, 0.25) is 5.91 Å². The number of amides is 1. The third-order valence-electron chi connectivity index (χ3n) is 3.68. The Bertz CT molecular complexity index is 388. The van der Waals surface area contributed by atoms with Gasteiger partial charge in [0.05, 0.1) is 6.04 Å². The second kappa shape index (κ2) is 4.88. The van der Waals surface area contributed by atoms with Crippen LogP contribution in [0.25, 0.3) is 0 Å². The number of likely N-dealkylation sites (tertiary alicyclic amines) is 1. The predicted octanol–water partition coefficient (Wildman–Crippen LogP) is 1.94. The van der Waals surface area contributed by atoms with Gasteiger partial charge in [0.25, 0.3) is 0 Å². The summed E-state index contributed by atoms with van der Waals surface area (Å²) >= 11 is 0. The van der Waals surface area contributed by atoms with Gasteiger partial charge >= 0.3 is 0 Å². The maximum Gasteiger partial charge on any atom is 0.223 e. The molecule has 3 heteroatoms. The first-order valence-corrected chi connectivity index (χ1v) is 6.19. The van der Waals surface area contributed by atoms with Crippen LogP contribution in [0, 0.1) is 5.92 Å². The fourth-order valence-corrected chi connectivity index (χ4v) is 2.40. The fourth-order valence-electron chi connectivity index (χ4n) is 2.40. The summed E-state index contributed by atoms with van der Waals surface area (Å²) in [4.78, 5) is 13.9. The maximum atomic E-state index is 12.0. The van der Waals surface area contributed by atoms with Crippen LogP contribution in [0.5, 0.6) is 0 Å². The minimum Gasteiger partial charge on any atom is -0.336 e. The SMILES string of the molecule is CC(N)C1CC(=O)N([C@@H](C)c2ccccc2)C1. The summed E-state index contributed by atoms with van der Waals surface area (Å²) < 4.78 is 0. The average molecular weight is 232 g/mol. The topological polar surface area (TPSA) is 46.3 Å². The molecule has 1 aliphatic rings. The number of rotatable bonds is 3. The molecule has 0 aliphatic carbocycles. The highest BCUT2D eigenvalue weighted by molar-refractivity contribution is 5.79. The van der Waals surface area contributed by atoms with Gasteiger partial charge in [-0.1, -0.05) is 30.3 Å². The third kappa shape index (κ3) is 2.50. The molecule has 1 amide bonds. The molecule has 2 N–H and O–H groups in total. The van der Waals surface area contributed by atoms with Gasteiger partial charge in [0.1, 0.15) is 0 Å². The quantitative estimate of drug-likeness (QED) is 0.865. The molecule has 3 atom stereocenters. The van der Waals surface area contributed by atoms with Gasteiger partial charge in [-0.15, -0.1) is 0 Å². The number of hydrogen-bond donors (Lipinski definition) is 1. The monoisotopic (exact) mass is 232 g/mol. The summed E-state index contributed by atoms with van der Waals surface area (Å²) in [6.07, 6.45) is 0.592. The molecule has 1 aliphatic heterocycles. The molecular formula is C14H20N2O. The van der Waals surface area contributed by atoms with E-state index in [2.05, 4.69) is 19.1 Å². The summed E-state index contributed by atoms with van der Waals surface area (Å²) in [7, 11) is 0. The molecule has 1 aromatic rings. The Kier molecular flexibility index (Phi) is 3.48. The van der Waals surface area contributed by atoms with Crippen molar-refractivity contribution in [1.29, 1.82) is 0 Å². The van der Waals surface area contributed by atoms with Gasteiger partial charge in [-0.3, -0.25) is 4.79 Å². The lowest BCUT2D eigenvalue weighted by Crippen LogP contribution is -2.32. The van der Waals surface area contributed by atoms with E-state index in [9.17, 15) is 4.79 Å².